The molecule has 0 amide bonds. The number of aromatic nitrogens is 1. The predicted octanol–water partition coefficient (Wildman–Crippen LogP) is 2.69. The third-order valence-electron chi connectivity index (χ3n) is 1.59. The van der Waals surface area contributed by atoms with Crippen LogP contribution >= 0.6 is 0 Å². The van der Waals surface area contributed by atoms with Crippen molar-refractivity contribution in [3.05, 3.63) is 48.7 Å². The standard InChI is InChI=1S/C10H8NO/c1-2-7-10-9(5-1)6-3-4-8-11-12-10/h1-7,11H. The van der Waals surface area contributed by atoms with Crippen LogP contribution < -0.4 is 0 Å². The van der Waals surface area contributed by atoms with Crippen LogP contribution in [0.5, 0.6) is 0 Å². The lowest BCUT2D eigenvalue weighted by atomic mass is 10.2. The van der Waals surface area contributed by atoms with Gasteiger partial charge in [-0.1, -0.05) is 30.3 Å². The van der Waals surface area contributed by atoms with Crippen molar-refractivity contribution < 1.29 is 4.52 Å². The van der Waals surface area contributed by atoms with Gasteiger partial charge in [0.25, 0.3) is 0 Å². The Kier molecular flexibility index (Phi) is 1.82. The Hall–Kier alpha value is -1.70. The van der Waals surface area contributed by atoms with Crippen molar-refractivity contribution >= 4 is 11.0 Å². The van der Waals surface area contributed by atoms with Crippen LogP contribution in [0.4, 0.5) is 0 Å². The lowest BCUT2D eigenvalue weighted by molar-refractivity contribution is 0.442. The van der Waals surface area contributed by atoms with Crippen molar-refractivity contribution in [3.8, 4) is 0 Å². The average molecular weight is 158 g/mol. The van der Waals surface area contributed by atoms with Crippen LogP contribution in [0.3, 0.4) is 0 Å². The summed E-state index contributed by atoms with van der Waals surface area (Å²) in [6.45, 7) is 0. The summed E-state index contributed by atoms with van der Waals surface area (Å²) in [5.74, 6) is 0. The second-order valence-electron chi connectivity index (χ2n) is 2.41. The van der Waals surface area contributed by atoms with Gasteiger partial charge in [0.2, 0.25) is 0 Å². The summed E-state index contributed by atoms with van der Waals surface area (Å²) in [7, 11) is 0. The van der Waals surface area contributed by atoms with Gasteiger partial charge in [0.1, 0.15) is 0 Å². The molecule has 0 aliphatic rings. The van der Waals surface area contributed by atoms with E-state index in [1.165, 1.54) is 0 Å². The summed E-state index contributed by atoms with van der Waals surface area (Å²) in [6, 6.07) is 13.4. The number of rotatable bonds is 0. The highest BCUT2D eigenvalue weighted by Gasteiger charge is 1.86. The Morgan fingerprint density at radius 3 is 2.92 bits per heavy atom. The zero-order valence-corrected chi connectivity index (χ0v) is 6.45. The Bertz CT molecular complexity index is 372. The van der Waals surface area contributed by atoms with Gasteiger partial charge in [0.15, 0.2) is 5.58 Å². The number of fused-ring (bicyclic) bond motifs is 1. The largest absolute Gasteiger partial charge is 0.381 e. The molecule has 2 heteroatoms. The summed E-state index contributed by atoms with van der Waals surface area (Å²) in [5, 5.41) is 3.64. The Morgan fingerprint density at radius 1 is 1.08 bits per heavy atom. The van der Waals surface area contributed by atoms with Crippen LogP contribution in [-0.2, 0) is 0 Å². The fourth-order valence-electron chi connectivity index (χ4n) is 1.03. The summed E-state index contributed by atoms with van der Waals surface area (Å²) < 4.78 is 5.18. The van der Waals surface area contributed by atoms with Crippen molar-refractivity contribution in [1.82, 2.24) is 5.16 Å². The monoisotopic (exact) mass is 158 g/mol. The molecule has 0 aliphatic carbocycles. The van der Waals surface area contributed by atoms with Crippen molar-refractivity contribution in [2.45, 2.75) is 0 Å². The SMILES string of the molecule is [c]1cccc2ccccc2o[nH]1. The first-order valence-electron chi connectivity index (χ1n) is 3.73. The Balaban J connectivity index is 2.83. The molecule has 1 heterocycles. The van der Waals surface area contributed by atoms with E-state index in [4.69, 9.17) is 4.52 Å². The van der Waals surface area contributed by atoms with E-state index in [1.807, 2.05) is 36.4 Å². The molecule has 1 aromatic carbocycles. The second-order valence-corrected chi connectivity index (χ2v) is 2.41. The number of aromatic amines is 1. The molecule has 0 unspecified atom stereocenters. The molecule has 0 bridgehead atoms. The molecule has 2 aromatic rings. The molecule has 12 heavy (non-hydrogen) atoms. The first kappa shape index (κ1) is 6.98. The summed E-state index contributed by atoms with van der Waals surface area (Å²) in [4.78, 5) is 0. The zero-order valence-electron chi connectivity index (χ0n) is 6.45. The number of hydrogen-bond donors (Lipinski definition) is 1. The molecule has 0 aliphatic heterocycles. The maximum Gasteiger partial charge on any atom is 0.162 e. The molecule has 0 spiro atoms. The molecule has 1 radical (unpaired) electrons. The number of hydrogen-bond acceptors (Lipinski definition) is 1. The maximum atomic E-state index is 5.18. The highest BCUT2D eigenvalue weighted by atomic mass is 16.5. The quantitative estimate of drug-likeness (QED) is 0.627. The van der Waals surface area contributed by atoms with E-state index in [1.54, 1.807) is 6.07 Å². The van der Waals surface area contributed by atoms with E-state index < -0.39 is 0 Å². The number of H-pyrrole nitrogens is 1. The van der Waals surface area contributed by atoms with Gasteiger partial charge >= 0.3 is 0 Å². The molecule has 2 rings (SSSR count). The van der Waals surface area contributed by atoms with Gasteiger partial charge in [-0.15, -0.1) is 0 Å². The minimum Gasteiger partial charge on any atom is -0.381 e. The molecule has 1 aromatic heterocycles. The first-order chi connectivity index (χ1) is 5.97. The highest BCUT2D eigenvalue weighted by molar-refractivity contribution is 5.75. The first-order valence-corrected chi connectivity index (χ1v) is 3.73. The molecular formula is C10H8NO. The highest BCUT2D eigenvalue weighted by Crippen LogP contribution is 2.08. The van der Waals surface area contributed by atoms with Gasteiger partial charge in [-0.25, -0.2) is 5.16 Å². The zero-order chi connectivity index (χ0) is 8.23. The number of benzene rings is 1. The minimum absolute atomic E-state index is 0.814. The number of nitrogens with one attached hydrogen (secondary N) is 1. The lowest BCUT2D eigenvalue weighted by Crippen LogP contribution is -1.69. The van der Waals surface area contributed by atoms with Crippen molar-refractivity contribution in [2.75, 3.05) is 0 Å². The van der Waals surface area contributed by atoms with E-state index in [0.717, 1.165) is 11.0 Å². The summed E-state index contributed by atoms with van der Waals surface area (Å²) in [5.41, 5.74) is 0.814. The fraction of sp³-hybridized carbons (Fsp3) is 0. The third kappa shape index (κ3) is 1.32. The minimum atomic E-state index is 0.814. The molecule has 0 saturated carbocycles. The summed E-state index contributed by atoms with van der Waals surface area (Å²) in [6.07, 6.45) is 2.74. The van der Waals surface area contributed by atoms with Crippen LogP contribution in [0.1, 0.15) is 0 Å². The molecule has 1 N–H and O–H groups in total. The molecular weight excluding hydrogens is 150 g/mol. The van der Waals surface area contributed by atoms with Gasteiger partial charge in [-0.05, 0) is 12.1 Å². The van der Waals surface area contributed by atoms with Gasteiger partial charge in [0, 0.05) is 5.39 Å². The summed E-state index contributed by atoms with van der Waals surface area (Å²) >= 11 is 0. The van der Waals surface area contributed by atoms with Crippen LogP contribution in [0.25, 0.3) is 11.0 Å². The van der Waals surface area contributed by atoms with Crippen molar-refractivity contribution in [3.63, 3.8) is 0 Å². The number of para-hydroxylation sites is 1. The van der Waals surface area contributed by atoms with Gasteiger partial charge in [0.05, 0.1) is 6.20 Å². The normalized spacial score (nSPS) is 9.67. The molecule has 59 valence electrons. The average Bonchev–Trinajstić information content (AvgIpc) is 2.06. The smallest absolute Gasteiger partial charge is 0.162 e. The fourth-order valence-corrected chi connectivity index (χ4v) is 1.03. The van der Waals surface area contributed by atoms with Gasteiger partial charge in [-0.2, -0.15) is 0 Å². The molecule has 0 fully saturated rings. The van der Waals surface area contributed by atoms with E-state index in [9.17, 15) is 0 Å². The van der Waals surface area contributed by atoms with Crippen LogP contribution in [0.2, 0.25) is 0 Å². The Labute approximate surface area is 70.1 Å². The van der Waals surface area contributed by atoms with E-state index in [-0.39, 0.29) is 0 Å². The maximum absolute atomic E-state index is 5.18. The van der Waals surface area contributed by atoms with E-state index in [2.05, 4.69) is 11.4 Å². The van der Waals surface area contributed by atoms with Gasteiger partial charge < -0.3 is 4.52 Å². The van der Waals surface area contributed by atoms with E-state index >= 15 is 0 Å². The van der Waals surface area contributed by atoms with Crippen LogP contribution in [-0.4, -0.2) is 5.16 Å². The molecule has 2 nitrogen and oxygen atoms in total. The molecule has 0 atom stereocenters. The third-order valence-corrected chi connectivity index (χ3v) is 1.59. The molecule has 0 saturated heterocycles. The second kappa shape index (κ2) is 3.13. The van der Waals surface area contributed by atoms with Crippen LogP contribution in [0.15, 0.2) is 47.0 Å². The van der Waals surface area contributed by atoms with E-state index in [0.29, 0.717) is 0 Å². The lowest BCUT2D eigenvalue weighted by Gasteiger charge is -1.90. The predicted molar refractivity (Wildman–Crippen MR) is 47.0 cm³/mol. The topological polar surface area (TPSA) is 28.9 Å². The van der Waals surface area contributed by atoms with Crippen LogP contribution in [0, 0.1) is 6.20 Å². The van der Waals surface area contributed by atoms with Crippen molar-refractivity contribution in [2.24, 2.45) is 0 Å². The van der Waals surface area contributed by atoms with Crippen molar-refractivity contribution in [1.29, 1.82) is 0 Å². The Morgan fingerprint density at radius 2 is 1.92 bits per heavy atom. The van der Waals surface area contributed by atoms with Gasteiger partial charge in [-0.3, -0.25) is 0 Å².